The Kier molecular flexibility index (Phi) is 5.22. The molecule has 4 fully saturated rings. The molecular weight excluding hydrogens is 393 g/mol. The van der Waals surface area contributed by atoms with Gasteiger partial charge in [0.25, 0.3) is 0 Å². The van der Waals surface area contributed by atoms with E-state index in [0.29, 0.717) is 16.9 Å². The summed E-state index contributed by atoms with van der Waals surface area (Å²) in [5.41, 5.74) is 2.98. The van der Waals surface area contributed by atoms with Crippen molar-refractivity contribution in [1.82, 2.24) is 5.32 Å². The van der Waals surface area contributed by atoms with Crippen LogP contribution in [0.5, 0.6) is 0 Å². The molecule has 0 spiro atoms. The lowest BCUT2D eigenvalue weighted by atomic mass is 9.41. The SMILES string of the molecule is CC(Cc1ccccc1F)NC(C)C12CC3CC(CC(c4ccc(Cl)cc4)(C3)C1)C2. The molecule has 2 aromatic carbocycles. The van der Waals surface area contributed by atoms with Crippen molar-refractivity contribution in [2.75, 3.05) is 0 Å². The van der Waals surface area contributed by atoms with E-state index in [1.54, 1.807) is 12.1 Å². The highest BCUT2D eigenvalue weighted by atomic mass is 35.5. The van der Waals surface area contributed by atoms with Crippen LogP contribution in [-0.2, 0) is 11.8 Å². The average Bonchev–Trinajstić information content (AvgIpc) is 2.69. The van der Waals surface area contributed by atoms with E-state index in [0.717, 1.165) is 28.8 Å². The first kappa shape index (κ1) is 20.5. The molecule has 1 N–H and O–H groups in total. The predicted molar refractivity (Wildman–Crippen MR) is 122 cm³/mol. The third-order valence-corrected chi connectivity index (χ3v) is 8.75. The fraction of sp³-hybridized carbons (Fsp3) is 0.556. The standard InChI is InChI=1S/C27H33ClFN/c1-18(11-22-5-3-4-6-25(22)29)30-19(2)26-13-20-12-21(14-26)16-27(15-20,17-26)23-7-9-24(28)10-8-23/h3-10,18-21,30H,11-17H2,1-2H3. The minimum absolute atomic E-state index is 0.0877. The molecule has 4 unspecified atom stereocenters. The number of benzene rings is 2. The van der Waals surface area contributed by atoms with Gasteiger partial charge >= 0.3 is 0 Å². The second kappa shape index (κ2) is 7.64. The van der Waals surface area contributed by atoms with E-state index in [-0.39, 0.29) is 11.9 Å². The van der Waals surface area contributed by atoms with Crippen LogP contribution in [-0.4, -0.2) is 12.1 Å². The summed E-state index contributed by atoms with van der Waals surface area (Å²) >= 11 is 6.20. The molecule has 0 aromatic heterocycles. The number of hydrogen-bond acceptors (Lipinski definition) is 1. The molecule has 0 saturated heterocycles. The normalized spacial score (nSPS) is 34.1. The van der Waals surface area contributed by atoms with E-state index in [4.69, 9.17) is 11.6 Å². The molecule has 0 aliphatic heterocycles. The molecule has 4 aliphatic rings. The van der Waals surface area contributed by atoms with Gasteiger partial charge in [0.15, 0.2) is 0 Å². The summed E-state index contributed by atoms with van der Waals surface area (Å²) in [6, 6.07) is 16.6. The van der Waals surface area contributed by atoms with Crippen molar-refractivity contribution in [3.05, 3.63) is 70.5 Å². The maximum absolute atomic E-state index is 14.1. The molecule has 0 radical (unpaired) electrons. The van der Waals surface area contributed by atoms with Crippen molar-refractivity contribution in [1.29, 1.82) is 0 Å². The molecule has 3 heteroatoms. The van der Waals surface area contributed by atoms with Gasteiger partial charge in [0.2, 0.25) is 0 Å². The van der Waals surface area contributed by atoms with Crippen molar-refractivity contribution in [2.45, 2.75) is 76.3 Å². The van der Waals surface area contributed by atoms with Gasteiger partial charge in [-0.1, -0.05) is 41.9 Å². The van der Waals surface area contributed by atoms with Crippen LogP contribution in [0.3, 0.4) is 0 Å². The second-order valence-corrected chi connectivity index (χ2v) is 11.1. The van der Waals surface area contributed by atoms with E-state index in [1.807, 2.05) is 12.1 Å². The molecule has 6 rings (SSSR count). The number of nitrogens with one attached hydrogen (secondary N) is 1. The molecule has 160 valence electrons. The lowest BCUT2D eigenvalue weighted by Gasteiger charge is -2.64. The monoisotopic (exact) mass is 425 g/mol. The second-order valence-electron chi connectivity index (χ2n) is 10.7. The van der Waals surface area contributed by atoms with Crippen LogP contribution in [0.4, 0.5) is 4.39 Å². The van der Waals surface area contributed by atoms with Crippen LogP contribution >= 0.6 is 11.6 Å². The van der Waals surface area contributed by atoms with Gasteiger partial charge in [-0.05, 0) is 111 Å². The summed E-state index contributed by atoms with van der Waals surface area (Å²) in [6.07, 6.45) is 8.79. The van der Waals surface area contributed by atoms with Crippen molar-refractivity contribution in [2.24, 2.45) is 17.3 Å². The fourth-order valence-corrected chi connectivity index (χ4v) is 7.76. The molecular formula is C27H33ClFN. The van der Waals surface area contributed by atoms with Gasteiger partial charge in [0.05, 0.1) is 0 Å². The molecule has 4 bridgehead atoms. The van der Waals surface area contributed by atoms with Crippen molar-refractivity contribution < 1.29 is 4.39 Å². The van der Waals surface area contributed by atoms with Crippen LogP contribution in [0.15, 0.2) is 48.5 Å². The predicted octanol–water partition coefficient (Wildman–Crippen LogP) is 6.93. The van der Waals surface area contributed by atoms with Crippen LogP contribution in [0.25, 0.3) is 0 Å². The summed E-state index contributed by atoms with van der Waals surface area (Å²) in [5, 5.41) is 4.73. The Bertz CT molecular complexity index is 893. The fourth-order valence-electron chi connectivity index (χ4n) is 7.64. The Balaban J connectivity index is 1.36. The van der Waals surface area contributed by atoms with Crippen LogP contribution in [0.2, 0.25) is 5.02 Å². The van der Waals surface area contributed by atoms with E-state index < -0.39 is 0 Å². The Labute approximate surface area is 185 Å². The first-order valence-corrected chi connectivity index (χ1v) is 12.0. The van der Waals surface area contributed by atoms with Crippen LogP contribution < -0.4 is 5.32 Å². The molecule has 2 aromatic rings. The van der Waals surface area contributed by atoms with Gasteiger partial charge < -0.3 is 5.32 Å². The third-order valence-electron chi connectivity index (χ3n) is 8.50. The number of hydrogen-bond donors (Lipinski definition) is 1. The largest absolute Gasteiger partial charge is 0.311 e. The molecule has 0 heterocycles. The minimum Gasteiger partial charge on any atom is -0.311 e. The third kappa shape index (κ3) is 3.60. The lowest BCUT2D eigenvalue weighted by molar-refractivity contribution is -0.0893. The van der Waals surface area contributed by atoms with Gasteiger partial charge in [-0.3, -0.25) is 0 Å². The lowest BCUT2D eigenvalue weighted by Crippen LogP contribution is -2.60. The highest BCUT2D eigenvalue weighted by Gasteiger charge is 2.59. The van der Waals surface area contributed by atoms with E-state index in [2.05, 4.69) is 43.4 Å². The first-order chi connectivity index (χ1) is 14.4. The quantitative estimate of drug-likeness (QED) is 0.529. The summed E-state index contributed by atoms with van der Waals surface area (Å²) < 4.78 is 14.1. The summed E-state index contributed by atoms with van der Waals surface area (Å²) in [4.78, 5) is 0. The van der Waals surface area contributed by atoms with Gasteiger partial charge in [0.1, 0.15) is 5.82 Å². The van der Waals surface area contributed by atoms with E-state index in [1.165, 1.54) is 44.1 Å². The van der Waals surface area contributed by atoms with E-state index >= 15 is 0 Å². The highest BCUT2D eigenvalue weighted by molar-refractivity contribution is 6.30. The Morgan fingerprint density at radius 3 is 2.33 bits per heavy atom. The Hall–Kier alpha value is -1.38. The Morgan fingerprint density at radius 2 is 1.67 bits per heavy atom. The zero-order chi connectivity index (χ0) is 20.9. The zero-order valence-electron chi connectivity index (χ0n) is 18.1. The van der Waals surface area contributed by atoms with Crippen molar-refractivity contribution >= 4 is 11.6 Å². The minimum atomic E-state index is -0.0877. The first-order valence-electron chi connectivity index (χ1n) is 11.6. The highest BCUT2D eigenvalue weighted by Crippen LogP contribution is 2.66. The Morgan fingerprint density at radius 1 is 1.00 bits per heavy atom. The average molecular weight is 426 g/mol. The van der Waals surface area contributed by atoms with Crippen LogP contribution in [0.1, 0.15) is 63.5 Å². The van der Waals surface area contributed by atoms with Gasteiger partial charge in [-0.15, -0.1) is 0 Å². The topological polar surface area (TPSA) is 12.0 Å². The summed E-state index contributed by atoms with van der Waals surface area (Å²) in [6.45, 7) is 4.60. The van der Waals surface area contributed by atoms with Crippen LogP contribution in [0, 0.1) is 23.1 Å². The number of rotatable bonds is 6. The van der Waals surface area contributed by atoms with Crippen molar-refractivity contribution in [3.63, 3.8) is 0 Å². The smallest absolute Gasteiger partial charge is 0.126 e. The molecule has 0 amide bonds. The molecule has 1 nitrogen and oxygen atoms in total. The maximum atomic E-state index is 14.1. The zero-order valence-corrected chi connectivity index (χ0v) is 18.9. The molecule has 30 heavy (non-hydrogen) atoms. The van der Waals surface area contributed by atoms with Gasteiger partial charge in [-0.2, -0.15) is 0 Å². The summed E-state index contributed by atoms with van der Waals surface area (Å²) in [5.74, 6) is 1.59. The van der Waals surface area contributed by atoms with Crippen molar-refractivity contribution in [3.8, 4) is 0 Å². The van der Waals surface area contributed by atoms with Gasteiger partial charge in [0, 0.05) is 17.1 Å². The number of halogens is 2. The summed E-state index contributed by atoms with van der Waals surface area (Å²) in [7, 11) is 0. The maximum Gasteiger partial charge on any atom is 0.126 e. The molecule has 4 atom stereocenters. The molecule has 4 aliphatic carbocycles. The van der Waals surface area contributed by atoms with Gasteiger partial charge in [-0.25, -0.2) is 4.39 Å². The molecule has 4 saturated carbocycles. The van der Waals surface area contributed by atoms with E-state index in [9.17, 15) is 4.39 Å².